The normalized spacial score (nSPS) is 15.4. The van der Waals surface area contributed by atoms with E-state index in [2.05, 4.69) is 44.5 Å². The van der Waals surface area contributed by atoms with Crippen molar-refractivity contribution in [3.8, 4) is 12.1 Å². The van der Waals surface area contributed by atoms with Gasteiger partial charge in [-0.1, -0.05) is 24.3 Å². The maximum Gasteiger partial charge on any atom is 0.257 e. The quantitative estimate of drug-likeness (QED) is 0.278. The number of nitrogens with zero attached hydrogens (tertiary/aromatic N) is 6. The SMILES string of the molecule is CN(CCC#N)C1CCc2nc(NC(=O)c3cccc(C=NCC(N=N)c4ccc(C#N)cc4)c3)sc2C1. The highest BCUT2D eigenvalue weighted by Crippen LogP contribution is 2.31. The third-order valence-corrected chi connectivity index (χ3v) is 7.62. The van der Waals surface area contributed by atoms with E-state index in [0.29, 0.717) is 28.7 Å². The van der Waals surface area contributed by atoms with E-state index < -0.39 is 6.04 Å². The van der Waals surface area contributed by atoms with E-state index in [1.165, 1.54) is 16.2 Å². The smallest absolute Gasteiger partial charge is 0.257 e. The summed E-state index contributed by atoms with van der Waals surface area (Å²) in [6.45, 7) is 1.04. The Morgan fingerprint density at radius 2 is 2.13 bits per heavy atom. The van der Waals surface area contributed by atoms with E-state index in [0.717, 1.165) is 42.6 Å². The number of aromatic nitrogens is 1. The van der Waals surface area contributed by atoms with Gasteiger partial charge < -0.3 is 4.90 Å². The molecule has 0 bridgehead atoms. The van der Waals surface area contributed by atoms with Gasteiger partial charge in [0.2, 0.25) is 0 Å². The van der Waals surface area contributed by atoms with Crippen molar-refractivity contribution < 1.29 is 4.79 Å². The molecule has 192 valence electrons. The second-order valence-corrected chi connectivity index (χ2v) is 10.2. The number of nitrogens with one attached hydrogen (secondary N) is 2. The van der Waals surface area contributed by atoms with Crippen LogP contribution in [0.4, 0.5) is 5.13 Å². The highest BCUT2D eigenvalue weighted by atomic mass is 32.1. The Hall–Kier alpha value is -4.25. The Bertz CT molecular complexity index is 1400. The Morgan fingerprint density at radius 3 is 2.87 bits per heavy atom. The fraction of sp³-hybridized carbons (Fsp3) is 0.321. The van der Waals surface area contributed by atoms with E-state index in [1.54, 1.807) is 48.7 Å². The maximum absolute atomic E-state index is 12.9. The molecule has 9 nitrogen and oxygen atoms in total. The number of anilines is 1. The van der Waals surface area contributed by atoms with Gasteiger partial charge in [0.05, 0.1) is 29.9 Å². The van der Waals surface area contributed by atoms with Crippen molar-refractivity contribution in [3.63, 3.8) is 0 Å². The Labute approximate surface area is 226 Å². The van der Waals surface area contributed by atoms with Crippen LogP contribution >= 0.6 is 11.3 Å². The first kappa shape index (κ1) is 26.8. The van der Waals surface area contributed by atoms with E-state index in [-0.39, 0.29) is 12.5 Å². The molecule has 0 radical (unpaired) electrons. The van der Waals surface area contributed by atoms with Crippen LogP contribution in [-0.2, 0) is 12.8 Å². The molecule has 2 atom stereocenters. The fourth-order valence-electron chi connectivity index (χ4n) is 4.38. The minimum atomic E-state index is -0.438. The molecule has 2 unspecified atom stereocenters. The van der Waals surface area contributed by atoms with Gasteiger partial charge in [0.1, 0.15) is 6.04 Å². The summed E-state index contributed by atoms with van der Waals surface area (Å²) in [4.78, 5) is 25.5. The van der Waals surface area contributed by atoms with Crippen LogP contribution in [0.5, 0.6) is 0 Å². The summed E-state index contributed by atoms with van der Waals surface area (Å²) in [6.07, 6.45) is 4.93. The van der Waals surface area contributed by atoms with Gasteiger partial charge >= 0.3 is 0 Å². The molecule has 2 N–H and O–H groups in total. The van der Waals surface area contributed by atoms with E-state index >= 15 is 0 Å². The molecule has 2 aromatic carbocycles. The van der Waals surface area contributed by atoms with Crippen molar-refractivity contribution in [2.45, 2.75) is 37.8 Å². The van der Waals surface area contributed by atoms with E-state index in [9.17, 15) is 4.79 Å². The number of carbonyl (C=O) groups excluding carboxylic acids is 1. The van der Waals surface area contributed by atoms with E-state index in [4.69, 9.17) is 16.1 Å². The minimum absolute atomic E-state index is 0.231. The number of hydrogen-bond acceptors (Lipinski definition) is 9. The van der Waals surface area contributed by atoms with Crippen molar-refractivity contribution >= 4 is 28.6 Å². The molecular weight excluding hydrogens is 496 g/mol. The predicted molar refractivity (Wildman–Crippen MR) is 147 cm³/mol. The number of benzene rings is 2. The van der Waals surface area contributed by atoms with Gasteiger partial charge in [0, 0.05) is 35.7 Å². The summed E-state index contributed by atoms with van der Waals surface area (Å²) < 4.78 is 0. The second-order valence-electron chi connectivity index (χ2n) is 9.13. The van der Waals surface area contributed by atoms with Gasteiger partial charge in [-0.25, -0.2) is 10.5 Å². The number of thiazole rings is 1. The van der Waals surface area contributed by atoms with Crippen LogP contribution in [0.3, 0.4) is 0 Å². The van der Waals surface area contributed by atoms with Crippen LogP contribution in [0, 0.1) is 28.2 Å². The molecule has 1 heterocycles. The van der Waals surface area contributed by atoms with Crippen molar-refractivity contribution in [2.75, 3.05) is 25.5 Å². The van der Waals surface area contributed by atoms with Crippen LogP contribution < -0.4 is 5.32 Å². The molecular formula is C28H28N8OS. The standard InChI is InChI=1S/C28H28N8OS/c1-36(13-3-12-29)23-10-11-24-26(15-23)38-28(33-24)34-27(37)22-5-2-4-20(14-22)17-32-18-25(35-31)21-8-6-19(16-30)7-9-21/h2,4-9,14,17,23,25,31H,3,10-11,13,15,18H2,1H3,(H,33,34,37). The highest BCUT2D eigenvalue weighted by molar-refractivity contribution is 7.15. The lowest BCUT2D eigenvalue weighted by Crippen LogP contribution is -2.36. The molecule has 1 amide bonds. The van der Waals surface area contributed by atoms with Crippen LogP contribution in [0.2, 0.25) is 0 Å². The third kappa shape index (κ3) is 6.74. The Balaban J connectivity index is 1.36. The number of fused-ring (bicyclic) bond motifs is 1. The van der Waals surface area contributed by atoms with Gasteiger partial charge in [-0.3, -0.25) is 15.1 Å². The molecule has 0 spiro atoms. The third-order valence-electron chi connectivity index (χ3n) is 6.58. The number of likely N-dealkylation sites (N-methyl/N-ethyl adjacent to an activating group) is 1. The summed E-state index contributed by atoms with van der Waals surface area (Å²) in [5, 5.41) is 25.0. The molecule has 38 heavy (non-hydrogen) atoms. The summed E-state index contributed by atoms with van der Waals surface area (Å²) >= 11 is 1.52. The van der Waals surface area contributed by atoms with Crippen molar-refractivity contribution in [3.05, 3.63) is 81.4 Å². The lowest BCUT2D eigenvalue weighted by atomic mass is 9.96. The summed E-state index contributed by atoms with van der Waals surface area (Å²) in [5.74, 6) is -0.231. The average Bonchev–Trinajstić information content (AvgIpc) is 3.35. The van der Waals surface area contributed by atoms with Crippen LogP contribution in [0.25, 0.3) is 0 Å². The van der Waals surface area contributed by atoms with Gasteiger partial charge in [-0.15, -0.1) is 11.3 Å². The lowest BCUT2D eigenvalue weighted by molar-refractivity contribution is 0.102. The first-order valence-electron chi connectivity index (χ1n) is 12.3. The minimum Gasteiger partial charge on any atom is -0.302 e. The predicted octanol–water partition coefficient (Wildman–Crippen LogP) is 5.16. The number of nitriles is 2. The Morgan fingerprint density at radius 1 is 1.32 bits per heavy atom. The van der Waals surface area contributed by atoms with Gasteiger partial charge in [-0.2, -0.15) is 15.6 Å². The van der Waals surface area contributed by atoms with E-state index in [1.807, 2.05) is 6.07 Å². The number of hydrogen-bond donors (Lipinski definition) is 2. The van der Waals surface area contributed by atoms with Crippen LogP contribution in [-0.4, -0.2) is 48.2 Å². The molecule has 1 aliphatic rings. The monoisotopic (exact) mass is 524 g/mol. The van der Waals surface area contributed by atoms with Crippen molar-refractivity contribution in [2.24, 2.45) is 10.1 Å². The topological polar surface area (TPSA) is 141 Å². The zero-order valence-electron chi connectivity index (χ0n) is 21.1. The number of aryl methyl sites for hydroxylation is 1. The highest BCUT2D eigenvalue weighted by Gasteiger charge is 2.25. The molecule has 1 aromatic heterocycles. The van der Waals surface area contributed by atoms with Gasteiger partial charge in [0.15, 0.2) is 5.13 Å². The first-order chi connectivity index (χ1) is 18.5. The van der Waals surface area contributed by atoms with Crippen molar-refractivity contribution in [1.82, 2.24) is 9.88 Å². The summed E-state index contributed by atoms with van der Waals surface area (Å²) in [6, 6.07) is 18.4. The lowest BCUT2D eigenvalue weighted by Gasteiger charge is -2.29. The molecule has 0 fully saturated rings. The molecule has 0 saturated heterocycles. The average molecular weight is 525 g/mol. The van der Waals surface area contributed by atoms with Crippen molar-refractivity contribution in [1.29, 1.82) is 16.1 Å². The molecule has 4 rings (SSSR count). The van der Waals surface area contributed by atoms with Gasteiger partial charge in [-0.05, 0) is 61.7 Å². The molecule has 1 aliphatic carbocycles. The Kier molecular flexibility index (Phi) is 9.04. The fourth-order valence-corrected chi connectivity index (χ4v) is 5.46. The second kappa shape index (κ2) is 12.8. The first-order valence-corrected chi connectivity index (χ1v) is 13.2. The number of amides is 1. The number of aliphatic imine (C=N–C) groups is 1. The largest absolute Gasteiger partial charge is 0.302 e. The molecule has 0 saturated carbocycles. The molecule has 3 aromatic rings. The number of rotatable bonds is 10. The zero-order valence-corrected chi connectivity index (χ0v) is 21.9. The number of carbonyl (C=O) groups is 1. The molecule has 0 aliphatic heterocycles. The summed E-state index contributed by atoms with van der Waals surface area (Å²) in [7, 11) is 2.06. The molecule has 10 heteroatoms. The zero-order chi connectivity index (χ0) is 26.9. The van der Waals surface area contributed by atoms with Crippen LogP contribution in [0.1, 0.15) is 56.5 Å². The summed E-state index contributed by atoms with van der Waals surface area (Å²) in [5.41, 5.74) is 11.2. The maximum atomic E-state index is 12.9. The van der Waals surface area contributed by atoms with Crippen LogP contribution in [0.15, 0.2) is 58.6 Å². The van der Waals surface area contributed by atoms with Gasteiger partial charge in [0.25, 0.3) is 5.91 Å².